The van der Waals surface area contributed by atoms with Gasteiger partial charge in [-0.25, -0.2) is 15.0 Å². The number of fused-ring (bicyclic) bond motifs is 20. The van der Waals surface area contributed by atoms with Crippen molar-refractivity contribution in [2.24, 2.45) is 0 Å². The second-order valence-electron chi connectivity index (χ2n) is 16.9. The Morgan fingerprint density at radius 1 is 0.286 bits per heavy atom. The molecule has 4 nitrogen and oxygen atoms in total. The lowest BCUT2D eigenvalue weighted by atomic mass is 9.52. The van der Waals surface area contributed by atoms with E-state index in [1.165, 1.54) is 44.5 Å². The van der Waals surface area contributed by atoms with Gasteiger partial charge in [0.1, 0.15) is 11.2 Å². The summed E-state index contributed by atoms with van der Waals surface area (Å²) < 4.78 is 7.17. The molecule has 0 fully saturated rings. The van der Waals surface area contributed by atoms with Gasteiger partial charge in [-0.3, -0.25) is 0 Å². The topological polar surface area (TPSA) is 51.8 Å². The van der Waals surface area contributed by atoms with Crippen LogP contribution in [0.3, 0.4) is 0 Å². The average Bonchev–Trinajstić information content (AvgIpc) is 3.99. The Kier molecular flexibility index (Phi) is 6.94. The van der Waals surface area contributed by atoms with E-state index in [0.717, 1.165) is 60.9 Å². The Hall–Kier alpha value is -8.21. The predicted octanol–water partition coefficient (Wildman–Crippen LogP) is 13.8. The van der Waals surface area contributed by atoms with Gasteiger partial charge in [-0.1, -0.05) is 200 Å². The Labute approximate surface area is 363 Å². The molecule has 4 heteroatoms. The van der Waals surface area contributed by atoms with E-state index in [4.69, 9.17) is 19.4 Å². The van der Waals surface area contributed by atoms with Crippen LogP contribution in [-0.4, -0.2) is 15.0 Å². The zero-order valence-electron chi connectivity index (χ0n) is 34.0. The highest BCUT2D eigenvalue weighted by molar-refractivity contribution is 6.11. The molecule has 0 bridgehead atoms. The quantitative estimate of drug-likeness (QED) is 0.179. The van der Waals surface area contributed by atoms with Crippen LogP contribution in [0.4, 0.5) is 0 Å². The first-order chi connectivity index (χ1) is 31.3. The van der Waals surface area contributed by atoms with Gasteiger partial charge < -0.3 is 4.42 Å². The molecule has 0 saturated carbocycles. The summed E-state index contributed by atoms with van der Waals surface area (Å²) in [7, 11) is 0. The van der Waals surface area contributed by atoms with Gasteiger partial charge in [-0.2, -0.15) is 0 Å². The fourth-order valence-electron chi connectivity index (χ4n) is 11.7. The van der Waals surface area contributed by atoms with Crippen molar-refractivity contribution in [3.8, 4) is 56.4 Å². The summed E-state index contributed by atoms with van der Waals surface area (Å²) in [6.45, 7) is 0. The van der Waals surface area contributed by atoms with E-state index in [1.54, 1.807) is 0 Å². The van der Waals surface area contributed by atoms with Gasteiger partial charge in [0, 0.05) is 33.0 Å². The van der Waals surface area contributed by atoms with E-state index < -0.39 is 10.8 Å². The molecule has 0 amide bonds. The van der Waals surface area contributed by atoms with Crippen molar-refractivity contribution >= 4 is 21.9 Å². The smallest absolute Gasteiger partial charge is 0.164 e. The molecule has 0 atom stereocenters. The fourth-order valence-corrected chi connectivity index (χ4v) is 11.7. The molecule has 0 N–H and O–H groups in total. The molecule has 3 aliphatic carbocycles. The van der Waals surface area contributed by atoms with Gasteiger partial charge in [0.15, 0.2) is 17.5 Å². The number of hydrogen-bond acceptors (Lipinski definition) is 4. The molecule has 63 heavy (non-hydrogen) atoms. The van der Waals surface area contributed by atoms with Gasteiger partial charge in [0.2, 0.25) is 0 Å². The fraction of sp³-hybridized carbons (Fsp3) is 0.0339. The van der Waals surface area contributed by atoms with E-state index >= 15 is 0 Å². The molecule has 9 aromatic carbocycles. The lowest BCUT2D eigenvalue weighted by Crippen LogP contribution is -2.44. The largest absolute Gasteiger partial charge is 0.456 e. The molecule has 0 radical (unpaired) electrons. The van der Waals surface area contributed by atoms with Crippen LogP contribution in [-0.2, 0) is 10.8 Å². The third kappa shape index (κ3) is 4.37. The lowest BCUT2D eigenvalue weighted by molar-refractivity contribution is 0.615. The van der Waals surface area contributed by atoms with Crippen molar-refractivity contribution in [2.45, 2.75) is 10.8 Å². The van der Waals surface area contributed by atoms with Crippen LogP contribution >= 0.6 is 0 Å². The van der Waals surface area contributed by atoms with Crippen LogP contribution in [0.5, 0.6) is 0 Å². The van der Waals surface area contributed by atoms with Crippen molar-refractivity contribution in [1.29, 1.82) is 0 Å². The summed E-state index contributed by atoms with van der Waals surface area (Å²) >= 11 is 0. The minimum Gasteiger partial charge on any atom is -0.456 e. The van der Waals surface area contributed by atoms with Crippen molar-refractivity contribution < 1.29 is 4.42 Å². The second-order valence-corrected chi connectivity index (χ2v) is 16.9. The normalized spacial score (nSPS) is 14.3. The maximum atomic E-state index is 7.17. The summed E-state index contributed by atoms with van der Waals surface area (Å²) in [4.78, 5) is 16.0. The molecule has 2 aromatic heterocycles. The summed E-state index contributed by atoms with van der Waals surface area (Å²) in [5.41, 5.74) is 17.8. The SMILES string of the molecule is c1ccc(-c2nc(-c3ccccc3)nc(-c3cccc4c3C3(c5ccccc5C5(c6ccccc6-c6ccccc65)c5ccccc53)c3c-4ccc4c3oc3ccccc34)n2)cc1. The van der Waals surface area contributed by atoms with Crippen LogP contribution in [0.2, 0.25) is 0 Å². The highest BCUT2D eigenvalue weighted by atomic mass is 16.3. The number of nitrogens with zero attached hydrogens (tertiary/aromatic N) is 3. The van der Waals surface area contributed by atoms with Gasteiger partial charge in [0.05, 0.1) is 10.8 Å². The molecule has 2 spiro atoms. The summed E-state index contributed by atoms with van der Waals surface area (Å²) in [5, 5.41) is 2.20. The molecule has 0 aliphatic heterocycles. The first-order valence-corrected chi connectivity index (χ1v) is 21.6. The number of furan rings is 1. The molecular weight excluding hydrogens is 767 g/mol. The van der Waals surface area contributed by atoms with Gasteiger partial charge in [-0.15, -0.1) is 0 Å². The molecular formula is C59H35N3O. The molecule has 2 heterocycles. The van der Waals surface area contributed by atoms with Crippen LogP contribution in [0.25, 0.3) is 78.4 Å². The Balaban J connectivity index is 1.17. The average molecular weight is 802 g/mol. The highest BCUT2D eigenvalue weighted by Gasteiger charge is 2.60. The van der Waals surface area contributed by atoms with Gasteiger partial charge in [-0.05, 0) is 73.3 Å². The van der Waals surface area contributed by atoms with Crippen molar-refractivity contribution in [3.05, 3.63) is 257 Å². The summed E-state index contributed by atoms with van der Waals surface area (Å²) in [5.74, 6) is 1.88. The predicted molar refractivity (Wildman–Crippen MR) is 252 cm³/mol. The molecule has 11 aromatic rings. The number of hydrogen-bond donors (Lipinski definition) is 0. The monoisotopic (exact) mass is 801 g/mol. The minimum absolute atomic E-state index is 0.584. The zero-order chi connectivity index (χ0) is 41.3. The molecule has 292 valence electrons. The number of para-hydroxylation sites is 1. The molecule has 0 saturated heterocycles. The highest BCUT2D eigenvalue weighted by Crippen LogP contribution is 2.69. The van der Waals surface area contributed by atoms with E-state index in [0.29, 0.717) is 17.5 Å². The van der Waals surface area contributed by atoms with Crippen LogP contribution in [0.1, 0.15) is 44.5 Å². The van der Waals surface area contributed by atoms with Crippen LogP contribution < -0.4 is 0 Å². The molecule has 14 rings (SSSR count). The number of rotatable bonds is 3. The molecule has 0 unspecified atom stereocenters. The lowest BCUT2D eigenvalue weighted by Gasteiger charge is -2.49. The van der Waals surface area contributed by atoms with Crippen molar-refractivity contribution in [2.75, 3.05) is 0 Å². The van der Waals surface area contributed by atoms with Crippen LogP contribution in [0.15, 0.2) is 217 Å². The number of benzene rings is 9. The maximum absolute atomic E-state index is 7.17. The zero-order valence-corrected chi connectivity index (χ0v) is 34.0. The van der Waals surface area contributed by atoms with Gasteiger partial charge >= 0.3 is 0 Å². The number of aromatic nitrogens is 3. The van der Waals surface area contributed by atoms with E-state index in [9.17, 15) is 0 Å². The minimum atomic E-state index is -0.855. The first kappa shape index (κ1) is 34.5. The van der Waals surface area contributed by atoms with Gasteiger partial charge in [0.25, 0.3) is 0 Å². The third-order valence-corrected chi connectivity index (χ3v) is 14.0. The first-order valence-electron chi connectivity index (χ1n) is 21.6. The third-order valence-electron chi connectivity index (χ3n) is 14.0. The Morgan fingerprint density at radius 2 is 0.730 bits per heavy atom. The van der Waals surface area contributed by atoms with Crippen molar-refractivity contribution in [1.82, 2.24) is 15.0 Å². The molecule has 3 aliphatic rings. The standard InChI is InChI=1S/C59H35N3O/c1-3-18-36(19-4-1)55-60-56(37-20-5-2-6-21-37)62-57(61-55)44-26-17-25-41-42-34-35-43-40-24-9-16-33-51(40)63-54(43)53(42)59(52(41)44)49-31-14-12-29-47(49)58(48-30-13-15-32-50(48)59)45-27-10-7-22-38(45)39-23-8-11-28-46(39)58/h1-35H. The Bertz CT molecular complexity index is 3550. The van der Waals surface area contributed by atoms with E-state index in [2.05, 4.69) is 176 Å². The van der Waals surface area contributed by atoms with Crippen molar-refractivity contribution in [3.63, 3.8) is 0 Å². The van der Waals surface area contributed by atoms with Crippen LogP contribution in [0, 0.1) is 0 Å². The summed E-state index contributed by atoms with van der Waals surface area (Å²) in [6.07, 6.45) is 0. The maximum Gasteiger partial charge on any atom is 0.164 e. The summed E-state index contributed by atoms with van der Waals surface area (Å²) in [6, 6.07) is 76.6. The Morgan fingerprint density at radius 3 is 1.33 bits per heavy atom. The second kappa shape index (κ2) is 12.7. The van der Waals surface area contributed by atoms with E-state index in [-0.39, 0.29) is 0 Å². The van der Waals surface area contributed by atoms with E-state index in [1.807, 2.05) is 36.4 Å².